The van der Waals surface area contributed by atoms with E-state index in [1.165, 1.54) is 30.6 Å². The summed E-state index contributed by atoms with van der Waals surface area (Å²) >= 11 is 0. The number of nitrogens with one attached hydrogen (secondary N) is 2. The van der Waals surface area contributed by atoms with Crippen LogP contribution in [0.3, 0.4) is 0 Å². The number of rotatable bonds is 3. The zero-order valence-corrected chi connectivity index (χ0v) is 18.8. The van der Waals surface area contributed by atoms with E-state index < -0.39 is 23.1 Å². The first-order valence-corrected chi connectivity index (χ1v) is 11.6. The molecule has 2 aliphatic heterocycles. The number of halogens is 3. The lowest BCUT2D eigenvalue weighted by Gasteiger charge is -2.50. The molecular formula is C25H29F3N4O. The van der Waals surface area contributed by atoms with E-state index in [4.69, 9.17) is 0 Å². The van der Waals surface area contributed by atoms with Crippen molar-refractivity contribution in [3.8, 4) is 11.1 Å². The van der Waals surface area contributed by atoms with Crippen LogP contribution in [0, 0.1) is 29.3 Å². The number of hydrogen-bond acceptors (Lipinski definition) is 4. The lowest BCUT2D eigenvalue weighted by Crippen LogP contribution is -2.58. The molecule has 2 aliphatic rings. The number of hydrogen-bond donors (Lipinski definition) is 3. The largest absolute Gasteiger partial charge is 0.384 e. The van der Waals surface area contributed by atoms with Crippen molar-refractivity contribution in [2.24, 2.45) is 11.8 Å². The van der Waals surface area contributed by atoms with E-state index in [2.05, 4.69) is 20.2 Å². The Bertz CT molecular complexity index is 1140. The second kappa shape index (κ2) is 8.42. The van der Waals surface area contributed by atoms with E-state index in [0.29, 0.717) is 30.3 Å². The maximum Gasteiger partial charge on any atom is 0.150 e. The van der Waals surface area contributed by atoms with Gasteiger partial charge in [-0.1, -0.05) is 13.8 Å². The normalized spacial score (nSPS) is 27.3. The van der Waals surface area contributed by atoms with Gasteiger partial charge in [-0.25, -0.2) is 18.2 Å². The molecule has 176 valence electrons. The van der Waals surface area contributed by atoms with Gasteiger partial charge in [-0.2, -0.15) is 0 Å². The monoisotopic (exact) mass is 458 g/mol. The number of likely N-dealkylation sites (tertiary alicyclic amines) is 1. The van der Waals surface area contributed by atoms with Crippen LogP contribution in [0.25, 0.3) is 22.2 Å². The van der Waals surface area contributed by atoms with E-state index in [1.54, 1.807) is 0 Å². The number of aromatic nitrogens is 2. The molecule has 5 nitrogen and oxygen atoms in total. The van der Waals surface area contributed by atoms with E-state index in [9.17, 15) is 9.50 Å². The SMILES string of the molecule is C[C@@H]1CN(C2CCNCC2)C[C@H](C)C1(O)c1c(F)cc(-c2ccnc3[nH]cc(F)c23)cc1F. The maximum atomic E-state index is 15.5. The summed E-state index contributed by atoms with van der Waals surface area (Å²) in [6.07, 6.45) is 4.70. The Morgan fingerprint density at radius 3 is 2.30 bits per heavy atom. The third-order valence-electron chi connectivity index (χ3n) is 7.62. The number of H-pyrrole nitrogens is 1. The van der Waals surface area contributed by atoms with E-state index >= 15 is 8.78 Å². The number of nitrogens with zero attached hydrogens (tertiary/aromatic N) is 2. The summed E-state index contributed by atoms with van der Waals surface area (Å²) in [4.78, 5) is 9.14. The molecule has 0 saturated carbocycles. The van der Waals surface area contributed by atoms with Gasteiger partial charge in [0, 0.05) is 43.4 Å². The van der Waals surface area contributed by atoms with Crippen LogP contribution in [0.15, 0.2) is 30.6 Å². The second-order valence-electron chi connectivity index (χ2n) is 9.60. The molecule has 0 bridgehead atoms. The van der Waals surface area contributed by atoms with Crippen molar-refractivity contribution in [2.45, 2.75) is 38.3 Å². The van der Waals surface area contributed by atoms with Crippen LogP contribution in [0.1, 0.15) is 32.3 Å². The van der Waals surface area contributed by atoms with Crippen LogP contribution in [0.4, 0.5) is 13.2 Å². The van der Waals surface area contributed by atoms with Gasteiger partial charge in [0.2, 0.25) is 0 Å². The second-order valence-corrected chi connectivity index (χ2v) is 9.60. The predicted octanol–water partition coefficient (Wildman–Crippen LogP) is 4.17. The summed E-state index contributed by atoms with van der Waals surface area (Å²) in [6.45, 7) is 6.79. The molecule has 3 atom stereocenters. The molecule has 2 fully saturated rings. The molecule has 33 heavy (non-hydrogen) atoms. The Morgan fingerprint density at radius 2 is 1.67 bits per heavy atom. The van der Waals surface area contributed by atoms with Crippen LogP contribution < -0.4 is 5.32 Å². The Hall–Kier alpha value is -2.42. The minimum Gasteiger partial charge on any atom is -0.384 e. The Balaban J connectivity index is 1.51. The van der Waals surface area contributed by atoms with Gasteiger partial charge in [0.1, 0.15) is 22.9 Å². The molecule has 2 saturated heterocycles. The first kappa shape index (κ1) is 22.4. The fourth-order valence-corrected chi connectivity index (χ4v) is 5.87. The number of piperidine rings is 2. The lowest BCUT2D eigenvalue weighted by atomic mass is 9.69. The first-order valence-electron chi connectivity index (χ1n) is 11.6. The van der Waals surface area contributed by atoms with Crippen LogP contribution in [0.2, 0.25) is 0 Å². The average Bonchev–Trinajstić information content (AvgIpc) is 3.18. The fourth-order valence-electron chi connectivity index (χ4n) is 5.87. The molecule has 5 rings (SSSR count). The summed E-state index contributed by atoms with van der Waals surface area (Å²) in [7, 11) is 0. The maximum absolute atomic E-state index is 15.5. The summed E-state index contributed by atoms with van der Waals surface area (Å²) in [5.41, 5.74) is -1.08. The van der Waals surface area contributed by atoms with Crippen molar-refractivity contribution in [3.63, 3.8) is 0 Å². The van der Waals surface area contributed by atoms with Gasteiger partial charge in [-0.15, -0.1) is 0 Å². The standard InChI is InChI=1S/C25H29F3N4O/c1-14-12-32(17-3-6-29-7-4-17)13-15(2)25(14,33)23-19(26)9-16(10-20(23)27)18-5-8-30-24-22(18)21(28)11-31-24/h5,8-11,14-15,17,29,33H,3-4,6-7,12-13H2,1-2H3,(H,30,31)/t14-,15+,25?. The van der Waals surface area contributed by atoms with Gasteiger partial charge >= 0.3 is 0 Å². The van der Waals surface area contributed by atoms with Gasteiger partial charge in [0.05, 0.1) is 10.9 Å². The van der Waals surface area contributed by atoms with Crippen LogP contribution >= 0.6 is 0 Å². The minimum atomic E-state index is -1.64. The number of aromatic amines is 1. The van der Waals surface area contributed by atoms with Gasteiger partial charge in [0.25, 0.3) is 0 Å². The molecule has 2 aromatic heterocycles. The van der Waals surface area contributed by atoms with Gasteiger partial charge in [-0.3, -0.25) is 4.90 Å². The molecule has 1 aromatic carbocycles. The van der Waals surface area contributed by atoms with Crippen molar-refractivity contribution in [1.82, 2.24) is 20.2 Å². The van der Waals surface area contributed by atoms with Gasteiger partial charge < -0.3 is 15.4 Å². The van der Waals surface area contributed by atoms with E-state index in [1.807, 2.05) is 13.8 Å². The van der Waals surface area contributed by atoms with Crippen LogP contribution in [-0.2, 0) is 5.60 Å². The zero-order chi connectivity index (χ0) is 23.3. The van der Waals surface area contributed by atoms with Crippen molar-refractivity contribution in [2.75, 3.05) is 26.2 Å². The lowest BCUT2D eigenvalue weighted by molar-refractivity contribution is -0.125. The Labute approximate surface area is 191 Å². The highest BCUT2D eigenvalue weighted by atomic mass is 19.1. The molecule has 8 heteroatoms. The summed E-state index contributed by atoms with van der Waals surface area (Å²) in [5.74, 6) is -2.89. The smallest absolute Gasteiger partial charge is 0.150 e. The molecular weight excluding hydrogens is 429 g/mol. The molecule has 4 heterocycles. The Kier molecular flexibility index (Phi) is 5.71. The quantitative estimate of drug-likeness (QED) is 0.551. The van der Waals surface area contributed by atoms with Crippen molar-refractivity contribution < 1.29 is 18.3 Å². The molecule has 3 N–H and O–H groups in total. The zero-order valence-electron chi connectivity index (χ0n) is 18.8. The first-order chi connectivity index (χ1) is 15.8. The molecule has 0 amide bonds. The molecule has 0 aliphatic carbocycles. The van der Waals surface area contributed by atoms with Crippen molar-refractivity contribution in [1.29, 1.82) is 0 Å². The molecule has 0 spiro atoms. The van der Waals surface area contributed by atoms with Gasteiger partial charge in [-0.05, 0) is 55.3 Å². The number of fused-ring (bicyclic) bond motifs is 1. The molecule has 1 unspecified atom stereocenters. The number of benzene rings is 1. The predicted molar refractivity (Wildman–Crippen MR) is 121 cm³/mol. The van der Waals surface area contributed by atoms with Crippen LogP contribution in [-0.4, -0.2) is 52.2 Å². The summed E-state index contributed by atoms with van der Waals surface area (Å²) in [6, 6.07) is 4.33. The van der Waals surface area contributed by atoms with Crippen LogP contribution in [0.5, 0.6) is 0 Å². The minimum absolute atomic E-state index is 0.180. The molecule has 3 aromatic rings. The fraction of sp³-hybridized carbons (Fsp3) is 0.480. The third-order valence-corrected chi connectivity index (χ3v) is 7.62. The van der Waals surface area contributed by atoms with E-state index in [0.717, 1.165) is 25.9 Å². The highest BCUT2D eigenvalue weighted by Gasteiger charge is 2.49. The highest BCUT2D eigenvalue weighted by molar-refractivity contribution is 5.93. The van der Waals surface area contributed by atoms with E-state index in [-0.39, 0.29) is 28.3 Å². The highest BCUT2D eigenvalue weighted by Crippen LogP contribution is 2.45. The number of aliphatic hydroxyl groups is 1. The van der Waals surface area contributed by atoms with Crippen molar-refractivity contribution in [3.05, 3.63) is 53.6 Å². The average molecular weight is 459 g/mol. The number of pyridine rings is 1. The van der Waals surface area contributed by atoms with Crippen molar-refractivity contribution >= 4 is 11.0 Å². The molecule has 0 radical (unpaired) electrons. The summed E-state index contributed by atoms with van der Waals surface area (Å²) in [5, 5.41) is 15.2. The third kappa shape index (κ3) is 3.64. The summed E-state index contributed by atoms with van der Waals surface area (Å²) < 4.78 is 45.3. The van der Waals surface area contributed by atoms with Gasteiger partial charge in [0.15, 0.2) is 5.82 Å². The topological polar surface area (TPSA) is 64.2 Å². The Morgan fingerprint density at radius 1 is 1.03 bits per heavy atom.